The van der Waals surface area contributed by atoms with Gasteiger partial charge in [-0.1, -0.05) is 12.1 Å². The highest BCUT2D eigenvalue weighted by atomic mass is 16.5. The number of nitrogens with one attached hydrogen (secondary N) is 1. The number of ether oxygens (including phenoxy) is 1. The van der Waals surface area contributed by atoms with Crippen LogP contribution in [-0.2, 0) is 4.79 Å². The van der Waals surface area contributed by atoms with E-state index in [9.17, 15) is 4.79 Å². The molecule has 1 atom stereocenters. The van der Waals surface area contributed by atoms with Gasteiger partial charge in [-0.3, -0.25) is 4.79 Å². The standard InChI is InChI=1S/C14H21N3O3/c1-5-14(3,12(15)17-19)13(18)16-11-7-6-10(20-4)8-9(11)2/h6-8,19H,5H2,1-4H3,(H2,15,17)(H,16,18). The van der Waals surface area contributed by atoms with Gasteiger partial charge in [0.2, 0.25) is 5.91 Å². The number of amides is 1. The number of methoxy groups -OCH3 is 1. The van der Waals surface area contributed by atoms with E-state index in [1.165, 1.54) is 0 Å². The van der Waals surface area contributed by atoms with Crippen molar-refractivity contribution in [3.05, 3.63) is 23.8 Å². The van der Waals surface area contributed by atoms with Crippen molar-refractivity contribution in [1.29, 1.82) is 0 Å². The second-order valence-corrected chi connectivity index (χ2v) is 4.81. The van der Waals surface area contributed by atoms with E-state index in [4.69, 9.17) is 15.7 Å². The van der Waals surface area contributed by atoms with Crippen LogP contribution in [0.3, 0.4) is 0 Å². The molecule has 1 unspecified atom stereocenters. The van der Waals surface area contributed by atoms with Crippen LogP contribution in [0.5, 0.6) is 5.75 Å². The van der Waals surface area contributed by atoms with Gasteiger partial charge < -0.3 is 21.0 Å². The first-order valence-corrected chi connectivity index (χ1v) is 6.33. The summed E-state index contributed by atoms with van der Waals surface area (Å²) in [5, 5.41) is 14.6. The Morgan fingerprint density at radius 3 is 2.65 bits per heavy atom. The van der Waals surface area contributed by atoms with Crippen molar-refractivity contribution >= 4 is 17.4 Å². The first-order valence-electron chi connectivity index (χ1n) is 6.33. The number of carbonyl (C=O) groups is 1. The van der Waals surface area contributed by atoms with Gasteiger partial charge in [0.05, 0.1) is 7.11 Å². The quantitative estimate of drug-likeness (QED) is 0.333. The van der Waals surface area contributed by atoms with E-state index in [0.29, 0.717) is 12.1 Å². The number of nitrogens with two attached hydrogens (primary N) is 1. The maximum atomic E-state index is 12.4. The van der Waals surface area contributed by atoms with E-state index in [-0.39, 0.29) is 11.7 Å². The SMILES string of the molecule is CCC(C)(C(=O)Nc1ccc(OC)cc1C)/C(N)=N/O. The summed E-state index contributed by atoms with van der Waals surface area (Å²) in [4.78, 5) is 12.4. The number of carbonyl (C=O) groups excluding carboxylic acids is 1. The Labute approximate surface area is 118 Å². The lowest BCUT2D eigenvalue weighted by atomic mass is 9.85. The molecule has 0 spiro atoms. The number of hydrogen-bond donors (Lipinski definition) is 3. The average molecular weight is 279 g/mol. The van der Waals surface area contributed by atoms with E-state index in [1.54, 1.807) is 33.1 Å². The number of nitrogens with zero attached hydrogens (tertiary/aromatic N) is 1. The zero-order valence-electron chi connectivity index (χ0n) is 12.2. The smallest absolute Gasteiger partial charge is 0.238 e. The van der Waals surface area contributed by atoms with Crippen LogP contribution in [0.2, 0.25) is 0 Å². The molecule has 110 valence electrons. The van der Waals surface area contributed by atoms with Crippen LogP contribution in [0.15, 0.2) is 23.4 Å². The van der Waals surface area contributed by atoms with Gasteiger partial charge in [0.25, 0.3) is 0 Å². The highest BCUT2D eigenvalue weighted by Gasteiger charge is 2.36. The molecular weight excluding hydrogens is 258 g/mol. The summed E-state index contributed by atoms with van der Waals surface area (Å²) in [6.07, 6.45) is 0.421. The molecule has 20 heavy (non-hydrogen) atoms. The predicted octanol–water partition coefficient (Wildman–Crippen LogP) is 2.10. The third-order valence-corrected chi connectivity index (χ3v) is 3.56. The number of rotatable bonds is 5. The Kier molecular flexibility index (Phi) is 4.96. The van der Waals surface area contributed by atoms with Crippen molar-refractivity contribution in [3.63, 3.8) is 0 Å². The van der Waals surface area contributed by atoms with Crippen molar-refractivity contribution in [1.82, 2.24) is 0 Å². The van der Waals surface area contributed by atoms with Crippen LogP contribution in [0.25, 0.3) is 0 Å². The third kappa shape index (κ3) is 3.01. The fraction of sp³-hybridized carbons (Fsp3) is 0.429. The lowest BCUT2D eigenvalue weighted by Crippen LogP contribution is -2.44. The van der Waals surface area contributed by atoms with Gasteiger partial charge in [-0.2, -0.15) is 0 Å². The highest BCUT2D eigenvalue weighted by Crippen LogP contribution is 2.26. The minimum atomic E-state index is -1.05. The summed E-state index contributed by atoms with van der Waals surface area (Å²) in [6, 6.07) is 5.34. The number of anilines is 1. The fourth-order valence-electron chi connectivity index (χ4n) is 1.73. The fourth-order valence-corrected chi connectivity index (χ4v) is 1.73. The molecule has 1 rings (SSSR count). The van der Waals surface area contributed by atoms with Crippen molar-refractivity contribution < 1.29 is 14.7 Å². The van der Waals surface area contributed by atoms with E-state index in [0.717, 1.165) is 11.3 Å². The summed E-state index contributed by atoms with van der Waals surface area (Å²) in [6.45, 7) is 5.31. The van der Waals surface area contributed by atoms with Crippen LogP contribution in [0.4, 0.5) is 5.69 Å². The molecule has 0 aliphatic heterocycles. The van der Waals surface area contributed by atoms with Gasteiger partial charge in [0.15, 0.2) is 5.84 Å². The minimum Gasteiger partial charge on any atom is -0.497 e. The maximum absolute atomic E-state index is 12.4. The Morgan fingerprint density at radius 2 is 2.20 bits per heavy atom. The maximum Gasteiger partial charge on any atom is 0.238 e. The Morgan fingerprint density at radius 1 is 1.55 bits per heavy atom. The number of amidine groups is 1. The van der Waals surface area contributed by atoms with Gasteiger partial charge in [-0.05, 0) is 44.0 Å². The van der Waals surface area contributed by atoms with Crippen LogP contribution >= 0.6 is 0 Å². The summed E-state index contributed by atoms with van der Waals surface area (Å²) in [5.74, 6) is 0.294. The molecule has 0 heterocycles. The lowest BCUT2D eigenvalue weighted by molar-refractivity contribution is -0.121. The highest BCUT2D eigenvalue weighted by molar-refractivity contribution is 6.11. The summed E-state index contributed by atoms with van der Waals surface area (Å²) in [5.41, 5.74) is 6.10. The van der Waals surface area contributed by atoms with Gasteiger partial charge >= 0.3 is 0 Å². The van der Waals surface area contributed by atoms with E-state index in [1.807, 2.05) is 13.0 Å². The summed E-state index contributed by atoms with van der Waals surface area (Å²) in [7, 11) is 1.58. The molecule has 0 aliphatic rings. The zero-order chi connectivity index (χ0) is 15.3. The molecule has 6 heteroatoms. The first kappa shape index (κ1) is 15.8. The molecule has 0 fully saturated rings. The molecule has 0 bridgehead atoms. The summed E-state index contributed by atoms with van der Waals surface area (Å²) < 4.78 is 5.11. The van der Waals surface area contributed by atoms with Crippen molar-refractivity contribution in [2.45, 2.75) is 27.2 Å². The van der Waals surface area contributed by atoms with Crippen LogP contribution in [0.1, 0.15) is 25.8 Å². The molecule has 6 nitrogen and oxygen atoms in total. The molecule has 1 aromatic rings. The van der Waals surface area contributed by atoms with E-state index in [2.05, 4.69) is 10.5 Å². The third-order valence-electron chi connectivity index (χ3n) is 3.56. The monoisotopic (exact) mass is 279 g/mol. The Balaban J connectivity index is 3.01. The normalized spacial score (nSPS) is 14.5. The zero-order valence-corrected chi connectivity index (χ0v) is 12.2. The number of hydrogen-bond acceptors (Lipinski definition) is 4. The van der Waals surface area contributed by atoms with Gasteiger partial charge in [0, 0.05) is 5.69 Å². The van der Waals surface area contributed by atoms with Crippen molar-refractivity contribution in [2.75, 3.05) is 12.4 Å². The van der Waals surface area contributed by atoms with Gasteiger partial charge in [-0.15, -0.1) is 0 Å². The molecule has 0 saturated heterocycles. The van der Waals surface area contributed by atoms with Crippen molar-refractivity contribution in [2.24, 2.45) is 16.3 Å². The van der Waals surface area contributed by atoms with E-state index >= 15 is 0 Å². The predicted molar refractivity (Wildman–Crippen MR) is 78.2 cm³/mol. The van der Waals surface area contributed by atoms with Gasteiger partial charge in [0.1, 0.15) is 11.2 Å². The average Bonchev–Trinajstić information content (AvgIpc) is 2.47. The molecule has 1 aromatic carbocycles. The number of oxime groups is 1. The number of benzene rings is 1. The first-order chi connectivity index (χ1) is 9.38. The summed E-state index contributed by atoms with van der Waals surface area (Å²) >= 11 is 0. The topological polar surface area (TPSA) is 96.9 Å². The lowest BCUT2D eigenvalue weighted by Gasteiger charge is -2.25. The minimum absolute atomic E-state index is 0.108. The van der Waals surface area contributed by atoms with E-state index < -0.39 is 5.41 Å². The molecule has 4 N–H and O–H groups in total. The molecule has 0 saturated carbocycles. The second kappa shape index (κ2) is 6.27. The largest absolute Gasteiger partial charge is 0.497 e. The molecule has 0 aliphatic carbocycles. The molecular formula is C14H21N3O3. The number of aryl methyl sites for hydroxylation is 1. The van der Waals surface area contributed by atoms with Gasteiger partial charge in [-0.25, -0.2) is 0 Å². The second-order valence-electron chi connectivity index (χ2n) is 4.81. The Hall–Kier alpha value is -2.24. The Bertz CT molecular complexity index is 528. The van der Waals surface area contributed by atoms with Crippen molar-refractivity contribution in [3.8, 4) is 5.75 Å². The molecule has 0 aromatic heterocycles. The molecule has 0 radical (unpaired) electrons. The van der Waals surface area contributed by atoms with Crippen LogP contribution in [0, 0.1) is 12.3 Å². The van der Waals surface area contributed by atoms with Crippen LogP contribution in [-0.4, -0.2) is 24.1 Å². The molecule has 1 amide bonds. The van der Waals surface area contributed by atoms with Crippen LogP contribution < -0.4 is 15.8 Å².